The van der Waals surface area contributed by atoms with E-state index in [9.17, 15) is 9.59 Å². The zero-order valence-corrected chi connectivity index (χ0v) is 22.0. The molecule has 0 radical (unpaired) electrons. The number of hydrogen-bond acceptors (Lipinski definition) is 7. The summed E-state index contributed by atoms with van der Waals surface area (Å²) >= 11 is 0. The summed E-state index contributed by atoms with van der Waals surface area (Å²) in [6.45, 7) is 6.42. The number of likely N-dealkylation sites (tertiary alicyclic amines) is 1. The van der Waals surface area contributed by atoms with Crippen molar-refractivity contribution < 1.29 is 9.59 Å². The molecule has 0 unspecified atom stereocenters. The Bertz CT molecular complexity index is 1290. The molecule has 3 aromatic rings. The second kappa shape index (κ2) is 12.6. The fourth-order valence-electron chi connectivity index (χ4n) is 5.13. The fourth-order valence-corrected chi connectivity index (χ4v) is 5.13. The summed E-state index contributed by atoms with van der Waals surface area (Å²) in [6, 6.07) is 17.3. The Morgan fingerprint density at radius 3 is 2.10 bits per heavy atom. The number of carbonyl (C=O) groups is 2. The number of pyridine rings is 2. The monoisotopic (exact) mass is 523 g/mol. The number of piperidine rings is 1. The lowest BCUT2D eigenvalue weighted by Gasteiger charge is -2.34. The summed E-state index contributed by atoms with van der Waals surface area (Å²) in [5.74, 6) is -0.253. The van der Waals surface area contributed by atoms with Gasteiger partial charge in [0.1, 0.15) is 5.69 Å². The summed E-state index contributed by atoms with van der Waals surface area (Å²) in [5, 5.41) is 12.1. The average molecular weight is 524 g/mol. The average Bonchev–Trinajstić information content (AvgIpc) is 2.99. The van der Waals surface area contributed by atoms with Crippen LogP contribution in [0.2, 0.25) is 0 Å². The van der Waals surface area contributed by atoms with Gasteiger partial charge in [0, 0.05) is 77.0 Å². The van der Waals surface area contributed by atoms with Crippen molar-refractivity contribution in [2.75, 3.05) is 39.3 Å². The van der Waals surface area contributed by atoms with Gasteiger partial charge in [-0.05, 0) is 60.4 Å². The van der Waals surface area contributed by atoms with Crippen molar-refractivity contribution >= 4 is 11.8 Å². The van der Waals surface area contributed by atoms with Crippen LogP contribution in [-0.2, 0) is 13.1 Å². The Morgan fingerprint density at radius 2 is 1.49 bits per heavy atom. The Morgan fingerprint density at radius 1 is 0.846 bits per heavy atom. The van der Waals surface area contributed by atoms with Crippen LogP contribution in [0.25, 0.3) is 0 Å². The summed E-state index contributed by atoms with van der Waals surface area (Å²) in [5.41, 5.74) is 3.90. The first-order valence-electron chi connectivity index (χ1n) is 13.5. The molecule has 0 aliphatic carbocycles. The van der Waals surface area contributed by atoms with E-state index < -0.39 is 0 Å². The van der Waals surface area contributed by atoms with Crippen molar-refractivity contribution in [1.29, 1.82) is 5.26 Å². The molecule has 9 heteroatoms. The zero-order valence-electron chi connectivity index (χ0n) is 22.0. The lowest BCUT2D eigenvalue weighted by atomic mass is 10.0. The number of nitrogens with one attached hydrogen (secondary N) is 1. The van der Waals surface area contributed by atoms with Crippen LogP contribution in [0.5, 0.6) is 0 Å². The minimum Gasteiger partial charge on any atom is -0.348 e. The van der Waals surface area contributed by atoms with Gasteiger partial charge in [0.15, 0.2) is 0 Å². The van der Waals surface area contributed by atoms with Gasteiger partial charge in [0.2, 0.25) is 0 Å². The molecule has 2 aliphatic rings. The molecule has 2 fully saturated rings. The second-order valence-electron chi connectivity index (χ2n) is 10.2. The quantitative estimate of drug-likeness (QED) is 0.508. The summed E-state index contributed by atoms with van der Waals surface area (Å²) in [7, 11) is 0. The van der Waals surface area contributed by atoms with E-state index in [-0.39, 0.29) is 17.9 Å². The molecule has 5 rings (SSSR count). The van der Waals surface area contributed by atoms with E-state index in [0.29, 0.717) is 29.9 Å². The van der Waals surface area contributed by atoms with E-state index in [1.807, 2.05) is 41.3 Å². The number of piperazine rings is 1. The number of nitrogens with zero attached hydrogens (tertiary/aromatic N) is 6. The third kappa shape index (κ3) is 7.05. The SMILES string of the molecule is N#Cc1ccc(CN2CCC(NC(=O)c3ccc(C(=O)N4CCN(Cc5ccncc5)CC4)cn3)CC2)cc1. The van der Waals surface area contributed by atoms with Crippen molar-refractivity contribution in [2.24, 2.45) is 0 Å². The van der Waals surface area contributed by atoms with Crippen molar-refractivity contribution in [2.45, 2.75) is 32.0 Å². The van der Waals surface area contributed by atoms with Gasteiger partial charge in [-0.2, -0.15) is 5.26 Å². The highest BCUT2D eigenvalue weighted by molar-refractivity contribution is 5.96. The third-order valence-electron chi connectivity index (χ3n) is 7.47. The summed E-state index contributed by atoms with van der Waals surface area (Å²) in [6.07, 6.45) is 6.85. The maximum Gasteiger partial charge on any atom is 0.270 e. The van der Waals surface area contributed by atoms with Crippen molar-refractivity contribution in [3.63, 3.8) is 0 Å². The molecule has 2 amide bonds. The molecule has 1 aromatic carbocycles. The predicted octanol–water partition coefficient (Wildman–Crippen LogP) is 2.70. The number of rotatable bonds is 7. The van der Waals surface area contributed by atoms with Crippen molar-refractivity contribution in [3.8, 4) is 6.07 Å². The lowest BCUT2D eigenvalue weighted by molar-refractivity contribution is 0.0627. The third-order valence-corrected chi connectivity index (χ3v) is 7.47. The Balaban J connectivity index is 1.05. The van der Waals surface area contributed by atoms with Gasteiger partial charge in [0.25, 0.3) is 11.8 Å². The molecule has 2 saturated heterocycles. The largest absolute Gasteiger partial charge is 0.348 e. The molecule has 9 nitrogen and oxygen atoms in total. The molecule has 0 atom stereocenters. The van der Waals surface area contributed by atoms with Crippen LogP contribution >= 0.6 is 0 Å². The minimum atomic E-state index is -0.204. The van der Waals surface area contributed by atoms with Crippen LogP contribution < -0.4 is 5.32 Å². The van der Waals surface area contributed by atoms with Crippen LogP contribution in [0.15, 0.2) is 67.1 Å². The maximum absolute atomic E-state index is 13.0. The number of hydrogen-bond donors (Lipinski definition) is 1. The number of nitriles is 1. The van der Waals surface area contributed by atoms with E-state index in [1.165, 1.54) is 17.3 Å². The molecule has 0 spiro atoms. The summed E-state index contributed by atoms with van der Waals surface area (Å²) in [4.78, 5) is 40.7. The highest BCUT2D eigenvalue weighted by Crippen LogP contribution is 2.16. The number of amides is 2. The second-order valence-corrected chi connectivity index (χ2v) is 10.2. The van der Waals surface area contributed by atoms with Crippen LogP contribution in [0, 0.1) is 11.3 Å². The predicted molar refractivity (Wildman–Crippen MR) is 147 cm³/mol. The van der Waals surface area contributed by atoms with E-state index in [4.69, 9.17) is 5.26 Å². The van der Waals surface area contributed by atoms with Gasteiger partial charge in [-0.15, -0.1) is 0 Å². The van der Waals surface area contributed by atoms with Gasteiger partial charge >= 0.3 is 0 Å². The van der Waals surface area contributed by atoms with Crippen LogP contribution in [-0.4, -0.2) is 81.8 Å². The Labute approximate surface area is 229 Å². The van der Waals surface area contributed by atoms with Crippen LogP contribution in [0.4, 0.5) is 0 Å². The number of carbonyl (C=O) groups excluding carboxylic acids is 2. The van der Waals surface area contributed by atoms with E-state index >= 15 is 0 Å². The molecular formula is C30H33N7O2. The zero-order chi connectivity index (χ0) is 27.0. The number of aromatic nitrogens is 2. The van der Waals surface area contributed by atoms with E-state index in [0.717, 1.165) is 52.1 Å². The normalized spacial score (nSPS) is 16.9. The molecule has 0 saturated carbocycles. The smallest absolute Gasteiger partial charge is 0.270 e. The van der Waals surface area contributed by atoms with Crippen molar-refractivity contribution in [3.05, 3.63) is 95.1 Å². The van der Waals surface area contributed by atoms with E-state index in [1.54, 1.807) is 24.5 Å². The minimum absolute atomic E-state index is 0.0485. The molecule has 2 aliphatic heterocycles. The Hall–Kier alpha value is -4.13. The van der Waals surface area contributed by atoms with E-state index in [2.05, 4.69) is 31.2 Å². The number of benzene rings is 1. The highest BCUT2D eigenvalue weighted by Gasteiger charge is 2.24. The molecular weight excluding hydrogens is 490 g/mol. The first-order valence-corrected chi connectivity index (χ1v) is 13.5. The molecule has 1 N–H and O–H groups in total. The van der Waals surface area contributed by atoms with Crippen molar-refractivity contribution in [1.82, 2.24) is 30.0 Å². The van der Waals surface area contributed by atoms with Gasteiger partial charge in [-0.1, -0.05) is 12.1 Å². The lowest BCUT2D eigenvalue weighted by Crippen LogP contribution is -2.48. The van der Waals surface area contributed by atoms with Gasteiger partial charge in [-0.3, -0.25) is 29.4 Å². The molecule has 39 heavy (non-hydrogen) atoms. The first kappa shape index (κ1) is 26.5. The summed E-state index contributed by atoms with van der Waals surface area (Å²) < 4.78 is 0. The van der Waals surface area contributed by atoms with Crippen LogP contribution in [0.3, 0.4) is 0 Å². The standard InChI is InChI=1S/C30H33N7O2/c31-19-23-1-3-24(4-2-23)21-35-13-9-27(10-14-35)34-29(38)28-6-5-26(20-33-28)30(39)37-17-15-36(16-18-37)22-25-7-11-32-12-8-25/h1-8,11-12,20,27H,9-10,13-18,21-22H2,(H,34,38). The maximum atomic E-state index is 13.0. The molecule has 2 aromatic heterocycles. The Kier molecular flexibility index (Phi) is 8.56. The molecule has 4 heterocycles. The first-order chi connectivity index (χ1) is 19.1. The van der Waals surface area contributed by atoms with Crippen LogP contribution in [0.1, 0.15) is 50.4 Å². The molecule has 200 valence electrons. The topological polar surface area (TPSA) is 105 Å². The fraction of sp³-hybridized carbons (Fsp3) is 0.367. The van der Waals surface area contributed by atoms with Gasteiger partial charge in [-0.25, -0.2) is 0 Å². The highest BCUT2D eigenvalue weighted by atomic mass is 16.2. The molecule has 0 bridgehead atoms. The van der Waals surface area contributed by atoms with Gasteiger partial charge in [0.05, 0.1) is 17.2 Å². The van der Waals surface area contributed by atoms with Gasteiger partial charge < -0.3 is 10.2 Å².